The lowest BCUT2D eigenvalue weighted by atomic mass is 10.2. The van der Waals surface area contributed by atoms with Crippen LogP contribution >= 0.6 is 23.5 Å². The molecular weight excluding hydrogens is 539 g/mol. The van der Waals surface area contributed by atoms with Gasteiger partial charge in [0.25, 0.3) is 16.7 Å². The highest BCUT2D eigenvalue weighted by Crippen LogP contribution is 2.32. The van der Waals surface area contributed by atoms with E-state index in [2.05, 4.69) is 10.3 Å². The van der Waals surface area contributed by atoms with E-state index < -0.39 is 17.0 Å². The third-order valence-corrected chi connectivity index (χ3v) is 7.66. The first-order valence-electron chi connectivity index (χ1n) is 11.9. The zero-order chi connectivity index (χ0) is 27.4. The molecule has 1 aliphatic rings. The number of carbonyl (C=O) groups excluding carboxylic acids is 3. The zero-order valence-corrected chi connectivity index (χ0v) is 22.0. The Morgan fingerprint density at radius 2 is 1.69 bits per heavy atom. The van der Waals surface area contributed by atoms with Crippen molar-refractivity contribution in [2.75, 3.05) is 18.8 Å². The lowest BCUT2D eigenvalue weighted by Gasteiger charge is -2.14. The summed E-state index contributed by atoms with van der Waals surface area (Å²) in [6.45, 7) is 0.0136. The second-order valence-corrected chi connectivity index (χ2v) is 10.3. The monoisotopic (exact) mass is 560 g/mol. The van der Waals surface area contributed by atoms with E-state index in [1.165, 1.54) is 28.8 Å². The van der Waals surface area contributed by atoms with Crippen molar-refractivity contribution in [3.63, 3.8) is 0 Å². The Morgan fingerprint density at radius 3 is 2.49 bits per heavy atom. The van der Waals surface area contributed by atoms with Crippen molar-refractivity contribution in [2.24, 2.45) is 0 Å². The summed E-state index contributed by atoms with van der Waals surface area (Å²) in [4.78, 5) is 56.6. The number of halogens is 1. The van der Waals surface area contributed by atoms with Gasteiger partial charge in [0.2, 0.25) is 5.91 Å². The maximum atomic E-state index is 13.9. The van der Waals surface area contributed by atoms with Gasteiger partial charge in [0.05, 0.1) is 27.2 Å². The maximum absolute atomic E-state index is 13.9. The van der Waals surface area contributed by atoms with Gasteiger partial charge in [0, 0.05) is 18.7 Å². The summed E-state index contributed by atoms with van der Waals surface area (Å²) >= 11 is 1.84. The summed E-state index contributed by atoms with van der Waals surface area (Å²) < 4.78 is 15.4. The van der Waals surface area contributed by atoms with Gasteiger partial charge in [-0.15, -0.1) is 0 Å². The van der Waals surface area contributed by atoms with E-state index in [-0.39, 0.29) is 40.8 Å². The lowest BCUT2D eigenvalue weighted by molar-refractivity contribution is -0.123. The van der Waals surface area contributed by atoms with Crippen molar-refractivity contribution in [1.29, 1.82) is 0 Å². The molecule has 0 radical (unpaired) electrons. The molecule has 3 amide bonds. The number of aromatic nitrogens is 2. The maximum Gasteiger partial charge on any atom is 0.293 e. The molecule has 8 nitrogen and oxygen atoms in total. The van der Waals surface area contributed by atoms with Crippen LogP contribution in [-0.4, -0.2) is 50.3 Å². The van der Waals surface area contributed by atoms with Crippen LogP contribution in [0.1, 0.15) is 5.56 Å². The number of rotatable bonds is 8. The third kappa shape index (κ3) is 5.79. The molecule has 0 spiro atoms. The standard InChI is InChI=1S/C28H21FN4O4S2/c29-21-12-6-4-8-18(21)16-23-26(36)32(28(37)39-23)15-14-30-24(34)17-38-27-31-22-13-7-5-11-20(22)25(35)33(27)19-9-2-1-3-10-19/h1-13,16H,14-15,17H2,(H,30,34)/b23-16-. The highest BCUT2D eigenvalue weighted by Gasteiger charge is 2.34. The Hall–Kier alpha value is -4.22. The molecular formula is C28H21FN4O4S2. The Balaban J connectivity index is 1.23. The van der Waals surface area contributed by atoms with Crippen LogP contribution < -0.4 is 10.9 Å². The van der Waals surface area contributed by atoms with Crippen molar-refractivity contribution < 1.29 is 18.8 Å². The molecule has 2 heterocycles. The molecule has 0 saturated carbocycles. The summed E-state index contributed by atoms with van der Waals surface area (Å²) in [5, 5.41) is 3.04. The van der Waals surface area contributed by atoms with Crippen molar-refractivity contribution in [1.82, 2.24) is 19.8 Å². The quantitative estimate of drug-likeness (QED) is 0.193. The van der Waals surface area contributed by atoms with Crippen LogP contribution in [0, 0.1) is 5.82 Å². The molecule has 1 N–H and O–H groups in total. The number of thioether (sulfide) groups is 2. The Bertz CT molecular complexity index is 1670. The van der Waals surface area contributed by atoms with Crippen LogP contribution in [0.15, 0.2) is 93.7 Å². The molecule has 0 bridgehead atoms. The second-order valence-electron chi connectivity index (χ2n) is 8.38. The fraction of sp³-hybridized carbons (Fsp3) is 0.107. The van der Waals surface area contributed by atoms with Gasteiger partial charge in [-0.25, -0.2) is 9.37 Å². The number of nitrogens with zero attached hydrogens (tertiary/aromatic N) is 3. The summed E-state index contributed by atoms with van der Waals surface area (Å²) in [5.74, 6) is -1.42. The number of amides is 3. The molecule has 1 saturated heterocycles. The van der Waals surface area contributed by atoms with E-state index in [0.717, 1.165) is 28.4 Å². The molecule has 4 aromatic rings. The van der Waals surface area contributed by atoms with Crippen molar-refractivity contribution >= 4 is 57.6 Å². The van der Waals surface area contributed by atoms with Crippen LogP contribution in [-0.2, 0) is 9.59 Å². The largest absolute Gasteiger partial charge is 0.354 e. The minimum atomic E-state index is -0.538. The van der Waals surface area contributed by atoms with E-state index >= 15 is 0 Å². The first-order chi connectivity index (χ1) is 18.9. The minimum Gasteiger partial charge on any atom is -0.354 e. The number of carbonyl (C=O) groups is 3. The fourth-order valence-electron chi connectivity index (χ4n) is 3.93. The summed E-state index contributed by atoms with van der Waals surface area (Å²) in [7, 11) is 0. The van der Waals surface area contributed by atoms with Crippen LogP contribution in [0.4, 0.5) is 9.18 Å². The molecule has 39 heavy (non-hydrogen) atoms. The van der Waals surface area contributed by atoms with E-state index in [1.54, 1.807) is 42.5 Å². The number of hydrogen-bond acceptors (Lipinski definition) is 7. The van der Waals surface area contributed by atoms with E-state index in [0.29, 0.717) is 21.7 Å². The molecule has 1 aromatic heterocycles. The molecule has 0 unspecified atom stereocenters. The molecule has 196 valence electrons. The van der Waals surface area contributed by atoms with E-state index in [9.17, 15) is 23.6 Å². The summed E-state index contributed by atoms with van der Waals surface area (Å²) in [5.41, 5.74) is 1.13. The normalized spacial score (nSPS) is 14.4. The molecule has 5 rings (SSSR count). The topological polar surface area (TPSA) is 101 Å². The van der Waals surface area contributed by atoms with Gasteiger partial charge < -0.3 is 5.32 Å². The number of fused-ring (bicyclic) bond motifs is 1. The number of imide groups is 1. The molecule has 0 aliphatic carbocycles. The zero-order valence-electron chi connectivity index (χ0n) is 20.4. The first kappa shape index (κ1) is 26.4. The smallest absolute Gasteiger partial charge is 0.293 e. The average molecular weight is 561 g/mol. The molecule has 1 fully saturated rings. The first-order valence-corrected chi connectivity index (χ1v) is 13.7. The SMILES string of the molecule is O=C(CSc1nc2ccccc2c(=O)n1-c1ccccc1)NCCN1C(=O)S/C(=C\c2ccccc2F)C1=O. The fourth-order valence-corrected chi connectivity index (χ4v) is 5.63. The number of benzene rings is 3. The van der Waals surface area contributed by atoms with Gasteiger partial charge in [-0.2, -0.15) is 0 Å². The van der Waals surface area contributed by atoms with Gasteiger partial charge in [0.1, 0.15) is 5.82 Å². The highest BCUT2D eigenvalue weighted by molar-refractivity contribution is 8.18. The predicted octanol–water partition coefficient (Wildman–Crippen LogP) is 4.47. The molecule has 11 heteroatoms. The Kier molecular flexibility index (Phi) is 7.89. The summed E-state index contributed by atoms with van der Waals surface area (Å²) in [6.07, 6.45) is 1.35. The third-order valence-electron chi connectivity index (χ3n) is 5.81. The van der Waals surface area contributed by atoms with Crippen LogP contribution in [0.2, 0.25) is 0 Å². The Morgan fingerprint density at radius 1 is 0.974 bits per heavy atom. The average Bonchev–Trinajstić information content (AvgIpc) is 3.21. The van der Waals surface area contributed by atoms with Gasteiger partial charge in [-0.05, 0) is 48.2 Å². The summed E-state index contributed by atoms with van der Waals surface area (Å²) in [6, 6.07) is 22.0. The number of hydrogen-bond donors (Lipinski definition) is 1. The highest BCUT2D eigenvalue weighted by atomic mass is 32.2. The molecule has 3 aromatic carbocycles. The van der Waals surface area contributed by atoms with Crippen LogP contribution in [0.5, 0.6) is 0 Å². The number of nitrogens with one attached hydrogen (secondary N) is 1. The van der Waals surface area contributed by atoms with Gasteiger partial charge in [0.15, 0.2) is 5.16 Å². The molecule has 1 aliphatic heterocycles. The van der Waals surface area contributed by atoms with Crippen molar-refractivity contribution in [3.8, 4) is 5.69 Å². The predicted molar refractivity (Wildman–Crippen MR) is 150 cm³/mol. The lowest BCUT2D eigenvalue weighted by Crippen LogP contribution is -2.37. The van der Waals surface area contributed by atoms with Crippen LogP contribution in [0.3, 0.4) is 0 Å². The molecule has 0 atom stereocenters. The van der Waals surface area contributed by atoms with Crippen LogP contribution in [0.25, 0.3) is 22.7 Å². The number of para-hydroxylation sites is 2. The van der Waals surface area contributed by atoms with Crippen molar-refractivity contribution in [2.45, 2.75) is 5.16 Å². The second kappa shape index (κ2) is 11.7. The van der Waals surface area contributed by atoms with Gasteiger partial charge in [-0.3, -0.25) is 28.6 Å². The van der Waals surface area contributed by atoms with Crippen molar-refractivity contribution in [3.05, 3.63) is 106 Å². The van der Waals surface area contributed by atoms with Gasteiger partial charge >= 0.3 is 0 Å². The van der Waals surface area contributed by atoms with Gasteiger partial charge in [-0.1, -0.05) is 60.3 Å². The minimum absolute atomic E-state index is 0.0291. The van der Waals surface area contributed by atoms with E-state index in [4.69, 9.17) is 0 Å². The Labute approximate surface area is 230 Å². The van der Waals surface area contributed by atoms with E-state index in [1.807, 2.05) is 18.2 Å².